The number of hydrogen-bond donors (Lipinski definition) is 1. The standard InChI is InChI=1S/C21H18N6OS/c1-13-19(15-8-10-16(28-2)11-9-15)26-27-20(24-25-21(27)29-13)18-12-17(22-23-18)14-6-4-3-5-7-14/h3-13H,1-2H3,(H,22,23). The maximum Gasteiger partial charge on any atom is 0.213 e. The predicted molar refractivity (Wildman–Crippen MR) is 113 cm³/mol. The topological polar surface area (TPSA) is 81.0 Å². The molecular weight excluding hydrogens is 384 g/mol. The molecule has 5 rings (SSSR count). The molecule has 1 aliphatic heterocycles. The summed E-state index contributed by atoms with van der Waals surface area (Å²) in [7, 11) is 1.66. The van der Waals surface area contributed by atoms with Crippen molar-refractivity contribution in [3.63, 3.8) is 0 Å². The summed E-state index contributed by atoms with van der Waals surface area (Å²) in [5, 5.41) is 22.0. The molecule has 29 heavy (non-hydrogen) atoms. The number of nitrogens with one attached hydrogen (secondary N) is 1. The molecule has 0 aliphatic carbocycles. The minimum absolute atomic E-state index is 0.162. The number of nitrogens with zero attached hydrogens (tertiary/aromatic N) is 5. The number of ether oxygens (including phenoxy) is 1. The van der Waals surface area contributed by atoms with Crippen LogP contribution in [0, 0.1) is 0 Å². The van der Waals surface area contributed by atoms with Gasteiger partial charge in [-0.3, -0.25) is 5.10 Å². The SMILES string of the molecule is COc1ccc(C2=Nn3c(nnc3-c3cc(-c4ccccc4)n[nH]3)SC2C)cc1. The van der Waals surface area contributed by atoms with E-state index in [-0.39, 0.29) is 5.25 Å². The summed E-state index contributed by atoms with van der Waals surface area (Å²) in [5.41, 5.74) is 4.68. The number of benzene rings is 2. The van der Waals surface area contributed by atoms with E-state index in [4.69, 9.17) is 9.84 Å². The quantitative estimate of drug-likeness (QED) is 0.556. The van der Waals surface area contributed by atoms with Crippen LogP contribution in [0.3, 0.4) is 0 Å². The summed E-state index contributed by atoms with van der Waals surface area (Å²) in [6.07, 6.45) is 0. The molecule has 8 heteroatoms. The van der Waals surface area contributed by atoms with Crippen LogP contribution in [0.1, 0.15) is 12.5 Å². The fourth-order valence-corrected chi connectivity index (χ4v) is 4.17. The maximum absolute atomic E-state index is 5.26. The summed E-state index contributed by atoms with van der Waals surface area (Å²) >= 11 is 1.64. The Bertz CT molecular complexity index is 1180. The van der Waals surface area contributed by atoms with Gasteiger partial charge in [-0.1, -0.05) is 42.1 Å². The number of H-pyrrole nitrogens is 1. The van der Waals surface area contributed by atoms with E-state index < -0.39 is 0 Å². The average molecular weight is 402 g/mol. The molecule has 0 saturated carbocycles. The van der Waals surface area contributed by atoms with Crippen LogP contribution in [0.15, 0.2) is 70.9 Å². The zero-order valence-corrected chi connectivity index (χ0v) is 16.7. The number of rotatable bonds is 4. The molecule has 0 spiro atoms. The van der Waals surface area contributed by atoms with Crippen LogP contribution in [-0.2, 0) is 0 Å². The molecule has 1 N–H and O–H groups in total. The zero-order chi connectivity index (χ0) is 19.8. The van der Waals surface area contributed by atoms with Crippen LogP contribution in [0.5, 0.6) is 5.75 Å². The van der Waals surface area contributed by atoms with Crippen LogP contribution in [0.25, 0.3) is 22.8 Å². The van der Waals surface area contributed by atoms with Crippen molar-refractivity contribution in [1.29, 1.82) is 0 Å². The van der Waals surface area contributed by atoms with Crippen molar-refractivity contribution in [2.45, 2.75) is 17.3 Å². The predicted octanol–water partition coefficient (Wildman–Crippen LogP) is 4.09. The van der Waals surface area contributed by atoms with E-state index in [1.54, 1.807) is 23.5 Å². The molecule has 1 aliphatic rings. The van der Waals surface area contributed by atoms with Gasteiger partial charge in [0.25, 0.3) is 0 Å². The van der Waals surface area contributed by atoms with Gasteiger partial charge < -0.3 is 4.74 Å². The smallest absolute Gasteiger partial charge is 0.213 e. The lowest BCUT2D eigenvalue weighted by Crippen LogP contribution is -2.21. The number of fused-ring (bicyclic) bond motifs is 1. The van der Waals surface area contributed by atoms with Crippen LogP contribution in [0.4, 0.5) is 0 Å². The Balaban J connectivity index is 1.54. The summed E-state index contributed by atoms with van der Waals surface area (Å²) in [5.74, 6) is 1.46. The first-order valence-electron chi connectivity index (χ1n) is 9.19. The van der Waals surface area contributed by atoms with Gasteiger partial charge in [0.15, 0.2) is 0 Å². The second kappa shape index (κ2) is 7.21. The van der Waals surface area contributed by atoms with Gasteiger partial charge >= 0.3 is 0 Å². The molecule has 2 aromatic carbocycles. The van der Waals surface area contributed by atoms with Crippen molar-refractivity contribution in [1.82, 2.24) is 25.1 Å². The molecule has 1 atom stereocenters. The highest BCUT2D eigenvalue weighted by molar-refractivity contribution is 8.00. The Hall–Kier alpha value is -3.39. The normalized spacial score (nSPS) is 15.7. The van der Waals surface area contributed by atoms with E-state index in [1.165, 1.54) is 0 Å². The van der Waals surface area contributed by atoms with Crippen molar-refractivity contribution in [3.05, 3.63) is 66.2 Å². The van der Waals surface area contributed by atoms with E-state index >= 15 is 0 Å². The Labute approximate surface area is 171 Å². The van der Waals surface area contributed by atoms with E-state index in [0.29, 0.717) is 5.82 Å². The molecule has 4 aromatic rings. The van der Waals surface area contributed by atoms with Gasteiger partial charge in [0.2, 0.25) is 11.0 Å². The lowest BCUT2D eigenvalue weighted by Gasteiger charge is -2.19. The third kappa shape index (κ3) is 3.21. The van der Waals surface area contributed by atoms with E-state index in [2.05, 4.69) is 27.3 Å². The molecule has 0 fully saturated rings. The number of methoxy groups -OCH3 is 1. The number of hydrogen-bond acceptors (Lipinski definition) is 6. The molecule has 1 unspecified atom stereocenters. The third-order valence-corrected chi connectivity index (χ3v) is 5.80. The summed E-state index contributed by atoms with van der Waals surface area (Å²) in [6, 6.07) is 19.9. The molecular formula is C21H18N6OS. The number of thioether (sulfide) groups is 1. The third-order valence-electron chi connectivity index (χ3n) is 4.76. The van der Waals surface area contributed by atoms with Gasteiger partial charge in [-0.2, -0.15) is 14.9 Å². The highest BCUT2D eigenvalue weighted by Crippen LogP contribution is 2.33. The highest BCUT2D eigenvalue weighted by atomic mass is 32.2. The molecule has 0 bridgehead atoms. The van der Waals surface area contributed by atoms with Gasteiger partial charge in [-0.25, -0.2) is 0 Å². The van der Waals surface area contributed by atoms with Crippen molar-refractivity contribution < 1.29 is 4.74 Å². The summed E-state index contributed by atoms with van der Waals surface area (Å²) in [6.45, 7) is 2.12. The lowest BCUT2D eigenvalue weighted by molar-refractivity contribution is 0.415. The number of aromatic nitrogens is 5. The molecule has 0 radical (unpaired) electrons. The molecule has 144 valence electrons. The second-order valence-corrected chi connectivity index (χ2v) is 7.93. The van der Waals surface area contributed by atoms with Gasteiger partial charge in [0.1, 0.15) is 11.4 Å². The lowest BCUT2D eigenvalue weighted by atomic mass is 10.1. The van der Waals surface area contributed by atoms with Crippen LogP contribution in [-0.4, -0.2) is 43.1 Å². The van der Waals surface area contributed by atoms with Crippen molar-refractivity contribution >= 4 is 17.5 Å². The Morgan fingerprint density at radius 3 is 2.55 bits per heavy atom. The second-order valence-electron chi connectivity index (χ2n) is 6.62. The van der Waals surface area contributed by atoms with Gasteiger partial charge in [0, 0.05) is 5.56 Å². The molecule has 0 amide bonds. The average Bonchev–Trinajstić information content (AvgIpc) is 3.41. The highest BCUT2D eigenvalue weighted by Gasteiger charge is 2.27. The molecule has 3 heterocycles. The fourth-order valence-electron chi connectivity index (χ4n) is 3.25. The van der Waals surface area contributed by atoms with Crippen molar-refractivity contribution in [2.24, 2.45) is 5.10 Å². The molecule has 0 saturated heterocycles. The van der Waals surface area contributed by atoms with E-state index in [1.807, 2.05) is 60.7 Å². The molecule has 2 aromatic heterocycles. The minimum atomic E-state index is 0.162. The fraction of sp³-hybridized carbons (Fsp3) is 0.143. The van der Waals surface area contributed by atoms with Crippen molar-refractivity contribution in [2.75, 3.05) is 7.11 Å². The van der Waals surface area contributed by atoms with E-state index in [9.17, 15) is 0 Å². The summed E-state index contributed by atoms with van der Waals surface area (Å²) in [4.78, 5) is 0. The van der Waals surface area contributed by atoms with Gasteiger partial charge in [-0.15, -0.1) is 10.2 Å². The van der Waals surface area contributed by atoms with E-state index in [0.717, 1.165) is 39.1 Å². The first kappa shape index (κ1) is 17.7. The number of aromatic amines is 1. The van der Waals surface area contributed by atoms with Crippen LogP contribution < -0.4 is 4.74 Å². The molecule has 7 nitrogen and oxygen atoms in total. The Morgan fingerprint density at radius 2 is 1.79 bits per heavy atom. The largest absolute Gasteiger partial charge is 0.497 e. The first-order valence-corrected chi connectivity index (χ1v) is 10.1. The Morgan fingerprint density at radius 1 is 1.00 bits per heavy atom. The van der Waals surface area contributed by atoms with Gasteiger partial charge in [-0.05, 0) is 42.8 Å². The summed E-state index contributed by atoms with van der Waals surface area (Å²) < 4.78 is 7.05. The van der Waals surface area contributed by atoms with Crippen molar-refractivity contribution in [3.8, 4) is 28.5 Å². The maximum atomic E-state index is 5.26. The van der Waals surface area contributed by atoms with Crippen LogP contribution in [0.2, 0.25) is 0 Å². The zero-order valence-electron chi connectivity index (χ0n) is 15.9. The van der Waals surface area contributed by atoms with Crippen LogP contribution >= 0.6 is 11.8 Å². The Kier molecular flexibility index (Phi) is 4.40. The minimum Gasteiger partial charge on any atom is -0.497 e. The first-order chi connectivity index (χ1) is 14.2. The monoisotopic (exact) mass is 402 g/mol. The van der Waals surface area contributed by atoms with Gasteiger partial charge in [0.05, 0.1) is 23.8 Å².